The minimum atomic E-state index is -0.265. The number of benzene rings is 1. The zero-order chi connectivity index (χ0) is 13.0. The molecule has 0 aliphatic rings. The molecule has 3 N–H and O–H groups in total. The maximum atomic E-state index is 11.7. The number of aromatic nitrogens is 1. The minimum Gasteiger partial charge on any atom is -0.351 e. The van der Waals surface area contributed by atoms with Gasteiger partial charge in [0.1, 0.15) is 0 Å². The molecule has 0 aliphatic heterocycles. The fraction of sp³-hybridized carbons (Fsp3) is 0.231. The molecule has 0 aliphatic carbocycles. The summed E-state index contributed by atoms with van der Waals surface area (Å²) in [5.74, 6) is -0.0374. The topological polar surface area (TPSA) is 81.2 Å². The van der Waals surface area contributed by atoms with Crippen LogP contribution in [0.5, 0.6) is 0 Å². The number of nitrogens with one attached hydrogen (secondary N) is 1. The highest BCUT2D eigenvalue weighted by molar-refractivity contribution is 5.91. The molecule has 18 heavy (non-hydrogen) atoms. The van der Waals surface area contributed by atoms with Crippen LogP contribution in [0.25, 0.3) is 0 Å². The molecule has 5 nitrogen and oxygen atoms in total. The lowest BCUT2D eigenvalue weighted by Crippen LogP contribution is -2.22. The van der Waals surface area contributed by atoms with E-state index in [1.807, 2.05) is 24.3 Å². The van der Waals surface area contributed by atoms with E-state index in [1.54, 1.807) is 13.0 Å². The first-order valence-corrected chi connectivity index (χ1v) is 5.68. The van der Waals surface area contributed by atoms with Gasteiger partial charge in [-0.3, -0.25) is 4.79 Å². The molecule has 0 spiro atoms. The molecule has 2 rings (SSSR count). The van der Waals surface area contributed by atoms with Crippen molar-refractivity contribution in [1.82, 2.24) is 10.5 Å². The Bertz CT molecular complexity index is 531. The van der Waals surface area contributed by atoms with Crippen LogP contribution in [0.1, 0.15) is 27.4 Å². The Morgan fingerprint density at radius 1 is 1.33 bits per heavy atom. The van der Waals surface area contributed by atoms with Gasteiger partial charge in [0.2, 0.25) is 5.76 Å². The Hall–Kier alpha value is -2.14. The van der Waals surface area contributed by atoms with Crippen molar-refractivity contribution in [3.8, 4) is 0 Å². The predicted octanol–water partition coefficient (Wildman–Crippen LogP) is 1.37. The summed E-state index contributed by atoms with van der Waals surface area (Å²) in [6, 6.07) is 9.37. The monoisotopic (exact) mass is 245 g/mol. The summed E-state index contributed by atoms with van der Waals surface area (Å²) >= 11 is 0. The molecule has 0 atom stereocenters. The van der Waals surface area contributed by atoms with E-state index in [4.69, 9.17) is 10.3 Å². The molecule has 1 aromatic carbocycles. The number of amides is 1. The van der Waals surface area contributed by atoms with Crippen LogP contribution in [0.4, 0.5) is 0 Å². The fourth-order valence-corrected chi connectivity index (χ4v) is 1.53. The molecule has 2 aromatic rings. The van der Waals surface area contributed by atoms with Crippen molar-refractivity contribution in [3.05, 3.63) is 52.9 Å². The van der Waals surface area contributed by atoms with Crippen LogP contribution in [0.15, 0.2) is 34.9 Å². The molecular formula is C13H15N3O2. The third kappa shape index (κ3) is 2.95. The Morgan fingerprint density at radius 2 is 2.00 bits per heavy atom. The van der Waals surface area contributed by atoms with Gasteiger partial charge in [-0.1, -0.05) is 29.4 Å². The van der Waals surface area contributed by atoms with Gasteiger partial charge in [0.05, 0.1) is 5.69 Å². The highest BCUT2D eigenvalue weighted by Crippen LogP contribution is 2.05. The Kier molecular flexibility index (Phi) is 3.74. The maximum Gasteiger partial charge on any atom is 0.290 e. The van der Waals surface area contributed by atoms with E-state index < -0.39 is 0 Å². The van der Waals surface area contributed by atoms with E-state index in [9.17, 15) is 4.79 Å². The summed E-state index contributed by atoms with van der Waals surface area (Å²) in [4.78, 5) is 11.7. The van der Waals surface area contributed by atoms with Crippen LogP contribution in [-0.2, 0) is 13.1 Å². The molecule has 0 bridgehead atoms. The summed E-state index contributed by atoms with van der Waals surface area (Å²) < 4.78 is 4.87. The number of nitrogens with zero attached hydrogens (tertiary/aromatic N) is 1. The third-order valence-electron chi connectivity index (χ3n) is 2.56. The van der Waals surface area contributed by atoms with E-state index in [0.717, 1.165) is 11.1 Å². The van der Waals surface area contributed by atoms with E-state index in [2.05, 4.69) is 10.5 Å². The van der Waals surface area contributed by atoms with Gasteiger partial charge < -0.3 is 15.6 Å². The molecule has 0 fully saturated rings. The van der Waals surface area contributed by atoms with Crippen LogP contribution in [0.2, 0.25) is 0 Å². The van der Waals surface area contributed by atoms with Crippen LogP contribution in [-0.4, -0.2) is 11.1 Å². The van der Waals surface area contributed by atoms with E-state index in [-0.39, 0.29) is 11.7 Å². The number of carbonyl (C=O) groups excluding carboxylic acids is 1. The average molecular weight is 245 g/mol. The Labute approximate surface area is 105 Å². The van der Waals surface area contributed by atoms with Crippen LogP contribution in [0.3, 0.4) is 0 Å². The third-order valence-corrected chi connectivity index (χ3v) is 2.56. The number of nitrogens with two attached hydrogens (primary N) is 1. The van der Waals surface area contributed by atoms with Gasteiger partial charge in [-0.25, -0.2) is 0 Å². The predicted molar refractivity (Wildman–Crippen MR) is 66.7 cm³/mol. The zero-order valence-electron chi connectivity index (χ0n) is 10.1. The van der Waals surface area contributed by atoms with Gasteiger partial charge in [-0.2, -0.15) is 0 Å². The lowest BCUT2D eigenvalue weighted by molar-refractivity contribution is 0.0914. The summed E-state index contributed by atoms with van der Waals surface area (Å²) in [6.45, 7) is 2.74. The summed E-state index contributed by atoms with van der Waals surface area (Å²) in [7, 11) is 0. The highest BCUT2D eigenvalue weighted by Gasteiger charge is 2.10. The van der Waals surface area contributed by atoms with E-state index in [0.29, 0.717) is 18.8 Å². The van der Waals surface area contributed by atoms with E-state index in [1.165, 1.54) is 0 Å². The van der Waals surface area contributed by atoms with Crippen molar-refractivity contribution in [2.24, 2.45) is 5.73 Å². The Morgan fingerprint density at radius 3 is 2.56 bits per heavy atom. The van der Waals surface area contributed by atoms with Gasteiger partial charge in [0, 0.05) is 19.2 Å². The number of aryl methyl sites for hydroxylation is 1. The van der Waals surface area contributed by atoms with Crippen molar-refractivity contribution < 1.29 is 9.32 Å². The van der Waals surface area contributed by atoms with Crippen molar-refractivity contribution in [3.63, 3.8) is 0 Å². The number of carbonyl (C=O) groups is 1. The summed E-state index contributed by atoms with van der Waals surface area (Å²) in [6.07, 6.45) is 0. The first-order chi connectivity index (χ1) is 8.69. The minimum absolute atomic E-state index is 0.228. The largest absolute Gasteiger partial charge is 0.351 e. The normalized spacial score (nSPS) is 10.3. The standard InChI is InChI=1S/C13H15N3O2/c1-9-6-12(18-16-9)13(17)15-8-11-4-2-10(7-14)3-5-11/h2-6H,7-8,14H2,1H3,(H,15,17). The zero-order valence-corrected chi connectivity index (χ0v) is 10.1. The van der Waals surface area contributed by atoms with Crippen LogP contribution >= 0.6 is 0 Å². The summed E-state index contributed by atoms with van der Waals surface area (Å²) in [5.41, 5.74) is 8.28. The fourth-order valence-electron chi connectivity index (χ4n) is 1.53. The second-order valence-electron chi connectivity index (χ2n) is 4.04. The molecule has 5 heteroatoms. The molecule has 0 unspecified atom stereocenters. The van der Waals surface area contributed by atoms with E-state index >= 15 is 0 Å². The van der Waals surface area contributed by atoms with Crippen LogP contribution in [0, 0.1) is 6.92 Å². The first-order valence-electron chi connectivity index (χ1n) is 5.68. The van der Waals surface area contributed by atoms with Crippen molar-refractivity contribution >= 4 is 5.91 Å². The Balaban J connectivity index is 1.92. The molecule has 94 valence electrons. The maximum absolute atomic E-state index is 11.7. The van der Waals surface area contributed by atoms with Crippen molar-refractivity contribution in [2.75, 3.05) is 0 Å². The molecule has 1 amide bonds. The molecule has 0 saturated heterocycles. The lowest BCUT2D eigenvalue weighted by Gasteiger charge is -2.04. The van der Waals surface area contributed by atoms with Crippen molar-refractivity contribution in [2.45, 2.75) is 20.0 Å². The van der Waals surface area contributed by atoms with Gasteiger partial charge in [-0.15, -0.1) is 0 Å². The SMILES string of the molecule is Cc1cc(C(=O)NCc2ccc(CN)cc2)on1. The molecule has 1 heterocycles. The van der Waals surface area contributed by atoms with Gasteiger partial charge >= 0.3 is 0 Å². The lowest BCUT2D eigenvalue weighted by atomic mass is 10.1. The van der Waals surface area contributed by atoms with Gasteiger partial charge in [-0.05, 0) is 18.1 Å². The number of hydrogen-bond donors (Lipinski definition) is 2. The molecule has 0 saturated carbocycles. The molecule has 1 aromatic heterocycles. The summed E-state index contributed by atoms with van der Waals surface area (Å²) in [5, 5.41) is 6.43. The van der Waals surface area contributed by atoms with Gasteiger partial charge in [0.15, 0.2) is 0 Å². The number of rotatable bonds is 4. The van der Waals surface area contributed by atoms with Gasteiger partial charge in [0.25, 0.3) is 5.91 Å². The average Bonchev–Trinajstić information content (AvgIpc) is 2.83. The van der Waals surface area contributed by atoms with Crippen LogP contribution < -0.4 is 11.1 Å². The second kappa shape index (κ2) is 5.46. The second-order valence-corrected chi connectivity index (χ2v) is 4.04. The molecular weight excluding hydrogens is 230 g/mol. The van der Waals surface area contributed by atoms with Crippen molar-refractivity contribution in [1.29, 1.82) is 0 Å². The molecule has 0 radical (unpaired) electrons. The smallest absolute Gasteiger partial charge is 0.290 e. The highest BCUT2D eigenvalue weighted by atomic mass is 16.5. The first kappa shape index (κ1) is 12.3. The quantitative estimate of drug-likeness (QED) is 0.852. The number of hydrogen-bond acceptors (Lipinski definition) is 4.